The Balaban J connectivity index is 1.20. The van der Waals surface area contributed by atoms with Crippen LogP contribution in [0.15, 0.2) is 24.3 Å². The van der Waals surface area contributed by atoms with Gasteiger partial charge in [-0.25, -0.2) is 4.79 Å². The minimum Gasteiger partial charge on any atom is -0.493 e. The van der Waals surface area contributed by atoms with E-state index >= 15 is 0 Å². The summed E-state index contributed by atoms with van der Waals surface area (Å²) in [7, 11) is 11.4. The Morgan fingerprint density at radius 2 is 1.06 bits per heavy atom. The third kappa shape index (κ3) is 8.95. The van der Waals surface area contributed by atoms with Gasteiger partial charge in [0.2, 0.25) is 11.5 Å². The van der Waals surface area contributed by atoms with Crippen LogP contribution in [0.4, 0.5) is 0 Å². The van der Waals surface area contributed by atoms with E-state index in [0.717, 1.165) is 51.4 Å². The van der Waals surface area contributed by atoms with Crippen molar-refractivity contribution >= 4 is 11.9 Å². The van der Waals surface area contributed by atoms with Crippen molar-refractivity contribution in [3.8, 4) is 46.3 Å². The van der Waals surface area contributed by atoms with Gasteiger partial charge in [0, 0.05) is 17.6 Å². The van der Waals surface area contributed by atoms with Crippen LogP contribution in [0.2, 0.25) is 0 Å². The Morgan fingerprint density at radius 3 is 1.49 bits per heavy atom. The second-order valence-electron chi connectivity index (χ2n) is 11.7. The number of nitrogens with zero attached hydrogens (tertiary/aromatic N) is 1. The number of carbonyl (C=O) groups is 2. The summed E-state index contributed by atoms with van der Waals surface area (Å²) in [5.74, 6) is 7.93. The zero-order valence-electron chi connectivity index (χ0n) is 28.5. The first kappa shape index (κ1) is 35.6. The standard InChI is InChI=1S/C36H47NO10/c1-37(26-13-17-28(18-14-26)47-36(39)24-21-31(42-4)35(45-7)32(22-24)43-5)25-11-15-27(16-12-25)46-33(38)10-8-9-23-19-29(40-2)34(44-6)30(20-23)41-3/h19-22,25-28H,10-18H2,1-7H3. The second kappa shape index (κ2) is 17.0. The Labute approximate surface area is 277 Å². The van der Waals surface area contributed by atoms with E-state index in [0.29, 0.717) is 57.7 Å². The average Bonchev–Trinajstić information content (AvgIpc) is 3.10. The molecular weight excluding hydrogens is 606 g/mol. The zero-order valence-corrected chi connectivity index (χ0v) is 28.5. The van der Waals surface area contributed by atoms with Crippen molar-refractivity contribution in [1.29, 1.82) is 0 Å². The van der Waals surface area contributed by atoms with Gasteiger partial charge in [-0.05, 0) is 82.7 Å². The molecule has 2 aliphatic rings. The lowest BCUT2D eigenvalue weighted by Crippen LogP contribution is -2.45. The van der Waals surface area contributed by atoms with Crippen molar-refractivity contribution in [3.63, 3.8) is 0 Å². The lowest BCUT2D eigenvalue weighted by molar-refractivity contribution is -0.149. The molecule has 0 saturated heterocycles. The van der Waals surface area contributed by atoms with Crippen LogP contribution in [0.3, 0.4) is 0 Å². The largest absolute Gasteiger partial charge is 0.493 e. The van der Waals surface area contributed by atoms with E-state index in [1.54, 1.807) is 45.6 Å². The number of hydrogen-bond acceptors (Lipinski definition) is 11. The molecule has 2 aromatic rings. The SMILES string of the molecule is COc1cc(C#CCC(=O)OC2CCC(N(C)C3CCC(OC(=O)c4cc(OC)c(OC)c(OC)c4)CC3)CC2)cc(OC)c1OC. The summed E-state index contributed by atoms with van der Waals surface area (Å²) < 4.78 is 43.8. The fourth-order valence-corrected chi connectivity index (χ4v) is 6.46. The second-order valence-corrected chi connectivity index (χ2v) is 11.7. The number of esters is 2. The topological polar surface area (TPSA) is 111 Å². The van der Waals surface area contributed by atoms with Gasteiger partial charge in [-0.15, -0.1) is 0 Å². The molecule has 11 heteroatoms. The summed E-state index contributed by atoms with van der Waals surface area (Å²) in [4.78, 5) is 28.0. The van der Waals surface area contributed by atoms with Crippen molar-refractivity contribution < 1.29 is 47.5 Å². The van der Waals surface area contributed by atoms with Gasteiger partial charge in [0.15, 0.2) is 23.0 Å². The van der Waals surface area contributed by atoms with E-state index in [2.05, 4.69) is 23.8 Å². The first-order valence-electron chi connectivity index (χ1n) is 16.0. The Morgan fingerprint density at radius 1 is 0.638 bits per heavy atom. The average molecular weight is 654 g/mol. The molecule has 2 fully saturated rings. The molecule has 2 aromatic carbocycles. The third-order valence-corrected chi connectivity index (χ3v) is 9.04. The molecule has 2 saturated carbocycles. The third-order valence-electron chi connectivity index (χ3n) is 9.04. The van der Waals surface area contributed by atoms with Gasteiger partial charge in [-0.2, -0.15) is 0 Å². The Kier molecular flexibility index (Phi) is 12.9. The van der Waals surface area contributed by atoms with Crippen molar-refractivity contribution in [2.24, 2.45) is 0 Å². The highest BCUT2D eigenvalue weighted by molar-refractivity contribution is 5.91. The molecule has 4 rings (SSSR count). The molecule has 11 nitrogen and oxygen atoms in total. The predicted molar refractivity (Wildman–Crippen MR) is 175 cm³/mol. The minimum absolute atomic E-state index is 0.00383. The van der Waals surface area contributed by atoms with Crippen LogP contribution < -0.4 is 28.4 Å². The smallest absolute Gasteiger partial charge is 0.338 e. The minimum atomic E-state index is -0.402. The lowest BCUT2D eigenvalue weighted by atomic mass is 9.87. The van der Waals surface area contributed by atoms with Gasteiger partial charge in [0.05, 0.1) is 48.2 Å². The summed E-state index contributed by atoms with van der Waals surface area (Å²) in [6.45, 7) is 0. The van der Waals surface area contributed by atoms with E-state index < -0.39 is 5.97 Å². The van der Waals surface area contributed by atoms with E-state index in [9.17, 15) is 9.59 Å². The fourth-order valence-electron chi connectivity index (χ4n) is 6.46. The van der Waals surface area contributed by atoms with Gasteiger partial charge in [-0.3, -0.25) is 4.79 Å². The van der Waals surface area contributed by atoms with Gasteiger partial charge >= 0.3 is 11.9 Å². The number of benzene rings is 2. The lowest BCUT2D eigenvalue weighted by Gasteiger charge is -2.41. The fraction of sp³-hybridized carbons (Fsp3) is 0.556. The molecule has 0 bridgehead atoms. The maximum atomic E-state index is 13.0. The van der Waals surface area contributed by atoms with Crippen molar-refractivity contribution in [3.05, 3.63) is 35.4 Å². The van der Waals surface area contributed by atoms with E-state index in [1.165, 1.54) is 21.3 Å². The monoisotopic (exact) mass is 653 g/mol. The number of hydrogen-bond donors (Lipinski definition) is 0. The first-order valence-corrected chi connectivity index (χ1v) is 16.0. The maximum absolute atomic E-state index is 13.0. The van der Waals surface area contributed by atoms with Crippen molar-refractivity contribution in [2.75, 3.05) is 49.7 Å². The molecule has 256 valence electrons. The molecule has 2 aliphatic carbocycles. The molecule has 47 heavy (non-hydrogen) atoms. The molecule has 0 amide bonds. The van der Waals surface area contributed by atoms with Gasteiger partial charge in [0.1, 0.15) is 18.6 Å². The highest BCUT2D eigenvalue weighted by Gasteiger charge is 2.33. The normalized spacial score (nSPS) is 20.7. The molecule has 0 aromatic heterocycles. The van der Waals surface area contributed by atoms with Crippen LogP contribution in [0.25, 0.3) is 0 Å². The highest BCUT2D eigenvalue weighted by atomic mass is 16.6. The van der Waals surface area contributed by atoms with Crippen LogP contribution in [0.1, 0.15) is 73.7 Å². The molecule has 0 N–H and O–H groups in total. The van der Waals surface area contributed by atoms with E-state index in [-0.39, 0.29) is 24.6 Å². The molecule has 0 radical (unpaired) electrons. The molecular formula is C36H47NO10. The number of rotatable bonds is 12. The van der Waals surface area contributed by atoms with Crippen molar-refractivity contribution in [2.45, 2.75) is 82.1 Å². The van der Waals surface area contributed by atoms with Crippen LogP contribution in [-0.4, -0.2) is 90.8 Å². The van der Waals surface area contributed by atoms with Crippen LogP contribution in [0.5, 0.6) is 34.5 Å². The molecule has 0 aliphatic heterocycles. The summed E-state index contributed by atoms with van der Waals surface area (Å²) in [5.41, 5.74) is 1.02. The van der Waals surface area contributed by atoms with Crippen molar-refractivity contribution in [1.82, 2.24) is 4.90 Å². The predicted octanol–water partition coefficient (Wildman–Crippen LogP) is 5.43. The molecule has 0 heterocycles. The summed E-state index contributed by atoms with van der Waals surface area (Å²) in [6.07, 6.45) is 6.83. The molecule has 0 spiro atoms. The summed E-state index contributed by atoms with van der Waals surface area (Å²) >= 11 is 0. The zero-order chi connectivity index (χ0) is 33.9. The Hall–Kier alpha value is -4.30. The number of methoxy groups -OCH3 is 6. The number of ether oxygens (including phenoxy) is 8. The van der Waals surface area contributed by atoms with Crippen LogP contribution >= 0.6 is 0 Å². The highest BCUT2D eigenvalue weighted by Crippen LogP contribution is 2.39. The molecule has 0 atom stereocenters. The van der Waals surface area contributed by atoms with Gasteiger partial charge in [-0.1, -0.05) is 11.8 Å². The maximum Gasteiger partial charge on any atom is 0.338 e. The quantitative estimate of drug-likeness (QED) is 0.216. The van der Waals surface area contributed by atoms with E-state index in [1.807, 2.05) is 0 Å². The Bertz CT molecular complexity index is 1380. The van der Waals surface area contributed by atoms with Gasteiger partial charge in [0.25, 0.3) is 0 Å². The van der Waals surface area contributed by atoms with E-state index in [4.69, 9.17) is 37.9 Å². The summed E-state index contributed by atoms with van der Waals surface area (Å²) in [6, 6.07) is 7.56. The summed E-state index contributed by atoms with van der Waals surface area (Å²) in [5, 5.41) is 0. The van der Waals surface area contributed by atoms with Crippen LogP contribution in [-0.2, 0) is 14.3 Å². The number of carbonyl (C=O) groups excluding carboxylic acids is 2. The molecule has 0 unspecified atom stereocenters. The van der Waals surface area contributed by atoms with Gasteiger partial charge < -0.3 is 42.8 Å². The van der Waals surface area contributed by atoms with Crippen LogP contribution in [0, 0.1) is 11.8 Å². The first-order chi connectivity index (χ1) is 22.7.